The highest BCUT2D eigenvalue weighted by Crippen LogP contribution is 2.39. The summed E-state index contributed by atoms with van der Waals surface area (Å²) in [5.74, 6) is -2.02. The zero-order chi connectivity index (χ0) is 11.1. The Balaban J connectivity index is 2.29. The molecular formula is C11H12F2O2. The molecular weight excluding hydrogens is 202 g/mol. The van der Waals surface area contributed by atoms with E-state index in [1.165, 1.54) is 19.2 Å². The van der Waals surface area contributed by atoms with Crippen LogP contribution in [0.1, 0.15) is 18.4 Å². The van der Waals surface area contributed by atoms with E-state index >= 15 is 0 Å². The van der Waals surface area contributed by atoms with E-state index in [0.29, 0.717) is 12.8 Å². The van der Waals surface area contributed by atoms with Crippen LogP contribution in [0.15, 0.2) is 12.1 Å². The maximum absolute atomic E-state index is 13.4. The lowest BCUT2D eigenvalue weighted by Gasteiger charge is -2.10. The van der Waals surface area contributed by atoms with Gasteiger partial charge in [-0.25, -0.2) is 4.39 Å². The smallest absolute Gasteiger partial charge is 0.200 e. The monoisotopic (exact) mass is 214 g/mol. The van der Waals surface area contributed by atoms with Crippen LogP contribution in [-0.4, -0.2) is 17.8 Å². The Kier molecular flexibility index (Phi) is 2.38. The fraction of sp³-hybridized carbons (Fsp3) is 0.455. The van der Waals surface area contributed by atoms with Gasteiger partial charge in [0.05, 0.1) is 12.7 Å². The van der Waals surface area contributed by atoms with E-state index in [4.69, 9.17) is 0 Å². The van der Waals surface area contributed by atoms with Crippen LogP contribution in [0.3, 0.4) is 0 Å². The molecule has 1 saturated carbocycles. The van der Waals surface area contributed by atoms with Crippen LogP contribution < -0.4 is 4.74 Å². The molecule has 1 aliphatic rings. The summed E-state index contributed by atoms with van der Waals surface area (Å²) in [6, 6.07) is 2.83. The third-order valence-electron chi connectivity index (χ3n) is 2.69. The van der Waals surface area contributed by atoms with E-state index in [9.17, 15) is 13.9 Å². The number of hydrogen-bond acceptors (Lipinski definition) is 2. The molecule has 82 valence electrons. The summed E-state index contributed by atoms with van der Waals surface area (Å²) >= 11 is 0. The molecule has 2 nitrogen and oxygen atoms in total. The van der Waals surface area contributed by atoms with Crippen LogP contribution in [0.5, 0.6) is 5.75 Å². The van der Waals surface area contributed by atoms with Crippen LogP contribution in [-0.2, 0) is 6.42 Å². The van der Waals surface area contributed by atoms with E-state index in [0.717, 1.165) is 0 Å². The van der Waals surface area contributed by atoms with Crippen LogP contribution >= 0.6 is 0 Å². The van der Waals surface area contributed by atoms with Crippen molar-refractivity contribution >= 4 is 0 Å². The number of ether oxygens (including phenoxy) is 1. The van der Waals surface area contributed by atoms with Crippen LogP contribution in [0.4, 0.5) is 8.78 Å². The van der Waals surface area contributed by atoms with E-state index in [1.54, 1.807) is 0 Å². The van der Waals surface area contributed by atoms with E-state index in [1.807, 2.05) is 0 Å². The maximum Gasteiger partial charge on any atom is 0.200 e. The van der Waals surface area contributed by atoms with Gasteiger partial charge in [-0.15, -0.1) is 0 Å². The Morgan fingerprint density at radius 3 is 2.53 bits per heavy atom. The predicted octanol–water partition coefficient (Wildman–Crippen LogP) is 2.04. The molecule has 1 fully saturated rings. The average molecular weight is 214 g/mol. The molecule has 0 spiro atoms. The van der Waals surface area contributed by atoms with E-state index < -0.39 is 17.2 Å². The van der Waals surface area contributed by atoms with Crippen LogP contribution in [0, 0.1) is 11.6 Å². The predicted molar refractivity (Wildman–Crippen MR) is 50.8 cm³/mol. The summed E-state index contributed by atoms with van der Waals surface area (Å²) in [6.45, 7) is 0. The highest BCUT2D eigenvalue weighted by molar-refractivity contribution is 5.32. The summed E-state index contributed by atoms with van der Waals surface area (Å²) in [5, 5.41) is 9.60. The fourth-order valence-corrected chi connectivity index (χ4v) is 1.54. The zero-order valence-electron chi connectivity index (χ0n) is 8.39. The third kappa shape index (κ3) is 1.95. The molecule has 0 amide bonds. The third-order valence-corrected chi connectivity index (χ3v) is 2.69. The Morgan fingerprint density at radius 1 is 1.33 bits per heavy atom. The lowest BCUT2D eigenvalue weighted by atomic mass is 10.1. The van der Waals surface area contributed by atoms with Gasteiger partial charge in [0.2, 0.25) is 5.82 Å². The van der Waals surface area contributed by atoms with Crippen molar-refractivity contribution in [2.24, 2.45) is 0 Å². The minimum Gasteiger partial charge on any atom is -0.494 e. The van der Waals surface area contributed by atoms with Gasteiger partial charge in [0.1, 0.15) is 0 Å². The summed E-state index contributed by atoms with van der Waals surface area (Å²) in [6.07, 6.45) is 1.47. The normalized spacial score (nSPS) is 17.6. The van der Waals surface area contributed by atoms with E-state index in [2.05, 4.69) is 4.74 Å². The quantitative estimate of drug-likeness (QED) is 0.834. The van der Waals surface area contributed by atoms with Crippen molar-refractivity contribution in [1.29, 1.82) is 0 Å². The average Bonchev–Trinajstić information content (AvgIpc) is 2.92. The van der Waals surface area contributed by atoms with E-state index in [-0.39, 0.29) is 17.7 Å². The Morgan fingerprint density at radius 2 is 2.00 bits per heavy atom. The molecule has 0 saturated heterocycles. The van der Waals surface area contributed by atoms with Gasteiger partial charge in [0.15, 0.2) is 11.6 Å². The van der Waals surface area contributed by atoms with Gasteiger partial charge in [-0.3, -0.25) is 0 Å². The molecule has 1 aliphatic carbocycles. The van der Waals surface area contributed by atoms with Gasteiger partial charge < -0.3 is 9.84 Å². The molecule has 0 aromatic heterocycles. The Hall–Kier alpha value is -1.16. The summed E-state index contributed by atoms with van der Waals surface area (Å²) in [4.78, 5) is 0. The summed E-state index contributed by atoms with van der Waals surface area (Å²) < 4.78 is 31.4. The molecule has 1 aromatic carbocycles. The molecule has 0 bridgehead atoms. The van der Waals surface area contributed by atoms with Gasteiger partial charge in [0.25, 0.3) is 0 Å². The van der Waals surface area contributed by atoms with Gasteiger partial charge >= 0.3 is 0 Å². The minimum absolute atomic E-state index is 0.112. The fourth-order valence-electron chi connectivity index (χ4n) is 1.54. The van der Waals surface area contributed by atoms with Crippen molar-refractivity contribution in [2.45, 2.75) is 24.9 Å². The number of methoxy groups -OCH3 is 1. The Labute approximate surface area is 86.5 Å². The number of aliphatic hydroxyl groups is 1. The van der Waals surface area contributed by atoms with Gasteiger partial charge in [-0.2, -0.15) is 4.39 Å². The van der Waals surface area contributed by atoms with Crippen molar-refractivity contribution in [3.8, 4) is 5.75 Å². The number of halogens is 2. The first-order valence-corrected chi connectivity index (χ1v) is 4.79. The summed E-state index contributed by atoms with van der Waals surface area (Å²) in [5.41, 5.74) is -0.615. The first-order chi connectivity index (χ1) is 7.06. The molecule has 0 radical (unpaired) electrons. The molecule has 2 rings (SSSR count). The second-order valence-corrected chi connectivity index (χ2v) is 3.96. The summed E-state index contributed by atoms with van der Waals surface area (Å²) in [7, 11) is 1.28. The zero-order valence-corrected chi connectivity index (χ0v) is 8.39. The number of hydrogen-bond donors (Lipinski definition) is 1. The molecule has 1 aromatic rings. The number of rotatable bonds is 3. The van der Waals surface area contributed by atoms with Crippen LogP contribution in [0.25, 0.3) is 0 Å². The van der Waals surface area contributed by atoms with Gasteiger partial charge in [-0.1, -0.05) is 6.07 Å². The van der Waals surface area contributed by atoms with Crippen molar-refractivity contribution in [3.63, 3.8) is 0 Å². The van der Waals surface area contributed by atoms with Crippen molar-refractivity contribution < 1.29 is 18.6 Å². The standard InChI is InChI=1S/C11H12F2O2/c1-15-8-3-2-7(9(12)10(8)13)6-11(14)4-5-11/h2-3,14H,4-6H2,1H3. The maximum atomic E-state index is 13.4. The topological polar surface area (TPSA) is 29.5 Å². The largest absolute Gasteiger partial charge is 0.494 e. The molecule has 0 heterocycles. The molecule has 15 heavy (non-hydrogen) atoms. The molecule has 1 N–H and O–H groups in total. The molecule has 0 atom stereocenters. The minimum atomic E-state index is -0.987. The second-order valence-electron chi connectivity index (χ2n) is 3.96. The van der Waals surface area contributed by atoms with Gasteiger partial charge in [-0.05, 0) is 24.5 Å². The van der Waals surface area contributed by atoms with Crippen molar-refractivity contribution in [1.82, 2.24) is 0 Å². The molecule has 0 unspecified atom stereocenters. The lowest BCUT2D eigenvalue weighted by molar-refractivity contribution is 0.149. The second kappa shape index (κ2) is 3.45. The van der Waals surface area contributed by atoms with Gasteiger partial charge in [0, 0.05) is 6.42 Å². The van der Waals surface area contributed by atoms with Crippen LogP contribution in [0.2, 0.25) is 0 Å². The molecule has 4 heteroatoms. The first-order valence-electron chi connectivity index (χ1n) is 4.79. The van der Waals surface area contributed by atoms with Crippen molar-refractivity contribution in [2.75, 3.05) is 7.11 Å². The Bertz CT molecular complexity index is 386. The SMILES string of the molecule is COc1ccc(CC2(O)CC2)c(F)c1F. The first kappa shape index (κ1) is 10.4. The highest BCUT2D eigenvalue weighted by Gasteiger charge is 2.41. The van der Waals surface area contributed by atoms with Crippen molar-refractivity contribution in [3.05, 3.63) is 29.3 Å². The number of benzene rings is 1. The highest BCUT2D eigenvalue weighted by atomic mass is 19.2. The molecule has 0 aliphatic heterocycles. The lowest BCUT2D eigenvalue weighted by Crippen LogP contribution is -2.12.